The van der Waals surface area contributed by atoms with E-state index in [9.17, 15) is 0 Å². The SMILES string of the molecule is NC(=NCC1CCN(c2ccccc2)C1)N1CCN(c2ccc(Cl)cc2)CC1. The molecule has 2 aromatic carbocycles. The lowest BCUT2D eigenvalue weighted by Crippen LogP contribution is -2.51. The van der Waals surface area contributed by atoms with E-state index < -0.39 is 0 Å². The van der Waals surface area contributed by atoms with Crippen molar-refractivity contribution in [2.75, 3.05) is 55.6 Å². The van der Waals surface area contributed by atoms with Gasteiger partial charge in [0.25, 0.3) is 0 Å². The summed E-state index contributed by atoms with van der Waals surface area (Å²) in [6.45, 7) is 6.67. The lowest BCUT2D eigenvalue weighted by molar-refractivity contribution is 0.379. The number of hydrogen-bond acceptors (Lipinski definition) is 3. The van der Waals surface area contributed by atoms with Gasteiger partial charge in [0.05, 0.1) is 0 Å². The third-order valence-electron chi connectivity index (χ3n) is 5.71. The van der Waals surface area contributed by atoms with E-state index in [1.807, 2.05) is 12.1 Å². The van der Waals surface area contributed by atoms with Gasteiger partial charge in [-0.25, -0.2) is 0 Å². The van der Waals surface area contributed by atoms with E-state index in [0.717, 1.165) is 50.8 Å². The van der Waals surface area contributed by atoms with Crippen molar-refractivity contribution < 1.29 is 0 Å². The third-order valence-corrected chi connectivity index (χ3v) is 5.97. The molecular formula is C22H28ClN5. The Morgan fingerprint density at radius 3 is 2.29 bits per heavy atom. The largest absolute Gasteiger partial charge is 0.371 e. The van der Waals surface area contributed by atoms with Gasteiger partial charge in [-0.3, -0.25) is 4.99 Å². The molecule has 2 aliphatic rings. The van der Waals surface area contributed by atoms with E-state index in [-0.39, 0.29) is 0 Å². The Labute approximate surface area is 172 Å². The quantitative estimate of drug-likeness (QED) is 0.635. The Bertz CT molecular complexity index is 784. The maximum atomic E-state index is 6.30. The molecule has 0 saturated carbocycles. The predicted octanol–water partition coefficient (Wildman–Crippen LogP) is 3.30. The van der Waals surface area contributed by atoms with Gasteiger partial charge in [0.2, 0.25) is 0 Å². The van der Waals surface area contributed by atoms with E-state index in [1.165, 1.54) is 17.8 Å². The number of guanidine groups is 1. The molecule has 4 rings (SSSR count). The van der Waals surface area contributed by atoms with E-state index >= 15 is 0 Å². The van der Waals surface area contributed by atoms with Crippen molar-refractivity contribution in [3.63, 3.8) is 0 Å². The van der Waals surface area contributed by atoms with E-state index in [4.69, 9.17) is 22.3 Å². The van der Waals surface area contributed by atoms with Gasteiger partial charge in [0.15, 0.2) is 5.96 Å². The van der Waals surface area contributed by atoms with Gasteiger partial charge in [0.1, 0.15) is 0 Å². The van der Waals surface area contributed by atoms with Crippen LogP contribution in [0.25, 0.3) is 0 Å². The molecule has 2 aliphatic heterocycles. The van der Waals surface area contributed by atoms with Gasteiger partial charge in [-0.1, -0.05) is 29.8 Å². The summed E-state index contributed by atoms with van der Waals surface area (Å²) in [5.74, 6) is 1.27. The average Bonchev–Trinajstić information content (AvgIpc) is 3.22. The molecule has 2 saturated heterocycles. The minimum atomic E-state index is 0.578. The van der Waals surface area contributed by atoms with Crippen molar-refractivity contribution in [1.29, 1.82) is 0 Å². The molecule has 5 nitrogen and oxygen atoms in total. The number of anilines is 2. The fraction of sp³-hybridized carbons (Fsp3) is 0.409. The molecule has 0 spiro atoms. The molecule has 6 heteroatoms. The topological polar surface area (TPSA) is 48.1 Å². The van der Waals surface area contributed by atoms with Crippen LogP contribution in [-0.2, 0) is 0 Å². The Morgan fingerprint density at radius 2 is 1.57 bits per heavy atom. The molecule has 0 amide bonds. The minimum Gasteiger partial charge on any atom is -0.371 e. The Hall–Kier alpha value is -2.40. The lowest BCUT2D eigenvalue weighted by Gasteiger charge is -2.36. The summed E-state index contributed by atoms with van der Waals surface area (Å²) in [6, 6.07) is 18.7. The number of para-hydroxylation sites is 1. The second-order valence-corrected chi connectivity index (χ2v) is 8.02. The zero-order valence-electron chi connectivity index (χ0n) is 16.2. The molecular weight excluding hydrogens is 370 g/mol. The van der Waals surface area contributed by atoms with Gasteiger partial charge >= 0.3 is 0 Å². The van der Waals surface area contributed by atoms with Crippen molar-refractivity contribution in [3.05, 3.63) is 59.6 Å². The molecule has 0 aromatic heterocycles. The summed E-state index contributed by atoms with van der Waals surface area (Å²) in [5.41, 5.74) is 8.82. The molecule has 0 aliphatic carbocycles. The normalized spacial score (nSPS) is 20.7. The van der Waals surface area contributed by atoms with Gasteiger partial charge < -0.3 is 20.4 Å². The van der Waals surface area contributed by atoms with Crippen molar-refractivity contribution in [1.82, 2.24) is 4.90 Å². The molecule has 1 atom stereocenters. The summed E-state index contributed by atoms with van der Waals surface area (Å²) in [6.07, 6.45) is 1.18. The second kappa shape index (κ2) is 8.74. The minimum absolute atomic E-state index is 0.578. The van der Waals surface area contributed by atoms with Gasteiger partial charge in [-0.2, -0.15) is 0 Å². The Kier molecular flexibility index (Phi) is 5.91. The van der Waals surface area contributed by atoms with Crippen LogP contribution in [0.15, 0.2) is 59.6 Å². The van der Waals surface area contributed by atoms with Crippen LogP contribution in [0.3, 0.4) is 0 Å². The lowest BCUT2D eigenvalue weighted by atomic mass is 10.1. The zero-order valence-corrected chi connectivity index (χ0v) is 16.9. The number of benzene rings is 2. The summed E-state index contributed by atoms with van der Waals surface area (Å²) in [7, 11) is 0. The molecule has 2 heterocycles. The zero-order chi connectivity index (χ0) is 19.3. The van der Waals surface area contributed by atoms with Crippen molar-refractivity contribution >= 4 is 28.9 Å². The van der Waals surface area contributed by atoms with Crippen LogP contribution in [0.1, 0.15) is 6.42 Å². The first-order chi connectivity index (χ1) is 13.7. The van der Waals surface area contributed by atoms with Crippen LogP contribution in [0.4, 0.5) is 11.4 Å². The molecule has 1 unspecified atom stereocenters. The molecule has 2 fully saturated rings. The summed E-state index contributed by atoms with van der Waals surface area (Å²) in [4.78, 5) is 11.7. The van der Waals surface area contributed by atoms with E-state index in [1.54, 1.807) is 0 Å². The van der Waals surface area contributed by atoms with Crippen LogP contribution >= 0.6 is 11.6 Å². The molecule has 2 N–H and O–H groups in total. The fourth-order valence-corrected chi connectivity index (χ4v) is 4.15. The fourth-order valence-electron chi connectivity index (χ4n) is 4.02. The Morgan fingerprint density at radius 1 is 0.893 bits per heavy atom. The number of aliphatic imine (C=N–C) groups is 1. The van der Waals surface area contributed by atoms with E-state index in [0.29, 0.717) is 11.9 Å². The molecule has 2 aromatic rings. The number of halogens is 1. The highest BCUT2D eigenvalue weighted by Gasteiger charge is 2.23. The molecule has 0 radical (unpaired) electrons. The van der Waals surface area contributed by atoms with Crippen molar-refractivity contribution in [3.8, 4) is 0 Å². The maximum Gasteiger partial charge on any atom is 0.191 e. The predicted molar refractivity (Wildman–Crippen MR) is 118 cm³/mol. The number of nitrogens with zero attached hydrogens (tertiary/aromatic N) is 4. The highest BCUT2D eigenvalue weighted by atomic mass is 35.5. The first-order valence-electron chi connectivity index (χ1n) is 10.0. The number of piperazine rings is 1. The number of hydrogen-bond donors (Lipinski definition) is 1. The first kappa shape index (κ1) is 18.9. The standard InChI is InChI=1S/C22H28ClN5/c23-19-6-8-21(9-7-19)26-12-14-27(15-13-26)22(24)25-16-18-10-11-28(17-18)20-4-2-1-3-5-20/h1-9,18H,10-17H2,(H2,24,25). The van der Waals surface area contributed by atoms with Crippen LogP contribution in [0.2, 0.25) is 5.02 Å². The van der Waals surface area contributed by atoms with Gasteiger partial charge in [-0.05, 0) is 48.7 Å². The monoisotopic (exact) mass is 397 g/mol. The molecule has 148 valence electrons. The highest BCUT2D eigenvalue weighted by Crippen LogP contribution is 2.24. The average molecular weight is 398 g/mol. The van der Waals surface area contributed by atoms with Crippen LogP contribution in [-0.4, -0.2) is 56.7 Å². The number of rotatable bonds is 4. The summed E-state index contributed by atoms with van der Waals surface area (Å²) < 4.78 is 0. The van der Waals surface area contributed by atoms with Gasteiger partial charge in [-0.15, -0.1) is 0 Å². The Balaban J connectivity index is 1.25. The molecule has 0 bridgehead atoms. The van der Waals surface area contributed by atoms with Crippen LogP contribution < -0.4 is 15.5 Å². The van der Waals surface area contributed by atoms with E-state index in [2.05, 4.69) is 57.2 Å². The maximum absolute atomic E-state index is 6.30. The second-order valence-electron chi connectivity index (χ2n) is 7.59. The van der Waals surface area contributed by atoms with Crippen molar-refractivity contribution in [2.45, 2.75) is 6.42 Å². The summed E-state index contributed by atoms with van der Waals surface area (Å²) in [5, 5.41) is 0.775. The first-order valence-corrected chi connectivity index (χ1v) is 10.4. The van der Waals surface area contributed by atoms with Crippen LogP contribution in [0, 0.1) is 5.92 Å². The van der Waals surface area contributed by atoms with Crippen molar-refractivity contribution in [2.24, 2.45) is 16.6 Å². The smallest absolute Gasteiger partial charge is 0.191 e. The number of nitrogens with two attached hydrogens (primary N) is 1. The molecule has 28 heavy (non-hydrogen) atoms. The van der Waals surface area contributed by atoms with Crippen LogP contribution in [0.5, 0.6) is 0 Å². The highest BCUT2D eigenvalue weighted by molar-refractivity contribution is 6.30. The third kappa shape index (κ3) is 4.53. The van der Waals surface area contributed by atoms with Gasteiger partial charge in [0, 0.05) is 62.2 Å². The summed E-state index contributed by atoms with van der Waals surface area (Å²) >= 11 is 5.99.